The summed E-state index contributed by atoms with van der Waals surface area (Å²) in [6.07, 6.45) is -4.66. The van der Waals surface area contributed by atoms with Gasteiger partial charge in [-0.05, 0) is 36.2 Å². The topological polar surface area (TPSA) is 154 Å². The maximum Gasteiger partial charge on any atom is 0.490 e. The Morgan fingerprint density at radius 1 is 1.05 bits per heavy atom. The molecule has 1 saturated heterocycles. The molecule has 1 aliphatic rings. The number of aliphatic carboxylic acids is 1. The second-order valence-electron chi connectivity index (χ2n) is 8.36. The molecule has 4 aromatic rings. The Morgan fingerprint density at radius 2 is 1.76 bits per heavy atom. The molecule has 3 aromatic heterocycles. The molecular weight excluding hydrogens is 580 g/mol. The number of hydrogen-bond acceptors (Lipinski definition) is 8. The molecule has 220 valence electrons. The number of benzene rings is 1. The minimum Gasteiger partial charge on any atom is -0.475 e. The van der Waals surface area contributed by atoms with Crippen molar-refractivity contribution in [3.05, 3.63) is 60.4 Å². The third kappa shape index (κ3) is 6.21. The van der Waals surface area contributed by atoms with Gasteiger partial charge in [-0.25, -0.2) is 24.5 Å². The van der Waals surface area contributed by atoms with Crippen LogP contribution in [-0.2, 0) is 22.2 Å². The van der Waals surface area contributed by atoms with E-state index < -0.39 is 42.4 Å². The van der Waals surface area contributed by atoms with Crippen molar-refractivity contribution in [1.82, 2.24) is 24.9 Å². The van der Waals surface area contributed by atoms with Gasteiger partial charge in [0.1, 0.15) is 18.6 Å². The molecule has 1 aromatic carbocycles. The van der Waals surface area contributed by atoms with E-state index >= 15 is 0 Å². The number of carboxylic acids is 1. The number of urea groups is 1. The van der Waals surface area contributed by atoms with E-state index in [9.17, 15) is 35.9 Å². The van der Waals surface area contributed by atoms with Gasteiger partial charge < -0.3 is 14.8 Å². The summed E-state index contributed by atoms with van der Waals surface area (Å²) in [6.45, 7) is 1.45. The molecule has 1 fully saturated rings. The number of aromatic amines is 1. The largest absolute Gasteiger partial charge is 0.490 e. The first-order valence-electron chi connectivity index (χ1n) is 11.6. The van der Waals surface area contributed by atoms with Crippen LogP contribution in [0.2, 0.25) is 0 Å². The van der Waals surface area contributed by atoms with Gasteiger partial charge in [0.05, 0.1) is 29.5 Å². The lowest BCUT2D eigenvalue weighted by Gasteiger charge is -2.19. The van der Waals surface area contributed by atoms with E-state index in [0.29, 0.717) is 35.1 Å². The van der Waals surface area contributed by atoms with E-state index in [2.05, 4.69) is 24.9 Å². The van der Waals surface area contributed by atoms with Gasteiger partial charge in [-0.1, -0.05) is 6.92 Å². The highest BCUT2D eigenvalue weighted by Gasteiger charge is 2.40. The van der Waals surface area contributed by atoms with Crippen LogP contribution < -0.4 is 14.5 Å². The number of nitrogens with zero attached hydrogens (tertiary/aromatic N) is 6. The average molecular weight is 597 g/mol. The molecule has 42 heavy (non-hydrogen) atoms. The van der Waals surface area contributed by atoms with Crippen LogP contribution in [0.3, 0.4) is 0 Å². The van der Waals surface area contributed by atoms with Crippen molar-refractivity contribution in [1.29, 1.82) is 0 Å². The highest BCUT2D eigenvalue weighted by atomic mass is 19.4. The number of aryl methyl sites for hydroxylation is 1. The smallest absolute Gasteiger partial charge is 0.475 e. The Hall–Kier alpha value is -5.29. The van der Waals surface area contributed by atoms with Crippen LogP contribution in [0.25, 0.3) is 11.2 Å². The number of ether oxygens (including phenoxy) is 1. The van der Waals surface area contributed by atoms with Crippen LogP contribution in [0.5, 0.6) is 11.6 Å². The molecule has 0 spiro atoms. The number of H-pyrrole nitrogens is 1. The highest BCUT2D eigenvalue weighted by Crippen LogP contribution is 2.35. The predicted octanol–water partition coefficient (Wildman–Crippen LogP) is 4.73. The van der Waals surface area contributed by atoms with Crippen LogP contribution >= 0.6 is 0 Å². The Morgan fingerprint density at radius 3 is 2.40 bits per heavy atom. The molecule has 5 rings (SSSR count). The van der Waals surface area contributed by atoms with E-state index in [0.717, 1.165) is 22.1 Å². The van der Waals surface area contributed by atoms with Crippen LogP contribution in [-0.4, -0.2) is 60.7 Å². The van der Waals surface area contributed by atoms with Crippen molar-refractivity contribution < 1.29 is 50.6 Å². The van der Waals surface area contributed by atoms with Crippen molar-refractivity contribution in [2.24, 2.45) is 0 Å². The Labute approximate surface area is 230 Å². The van der Waals surface area contributed by atoms with Gasteiger partial charge in [0.25, 0.3) is 11.8 Å². The van der Waals surface area contributed by atoms with E-state index in [4.69, 9.17) is 14.6 Å². The number of hydrogen-bond donors (Lipinski definition) is 2. The molecule has 0 saturated carbocycles. The fourth-order valence-corrected chi connectivity index (χ4v) is 3.69. The number of alkyl halides is 6. The van der Waals surface area contributed by atoms with E-state index in [1.807, 2.05) is 6.92 Å². The van der Waals surface area contributed by atoms with E-state index in [-0.39, 0.29) is 17.3 Å². The zero-order chi connectivity index (χ0) is 30.8. The number of carboxylic acid groups (broad SMARTS) is 1. The fourth-order valence-electron chi connectivity index (χ4n) is 3.69. The molecule has 0 radical (unpaired) electrons. The van der Waals surface area contributed by atoms with Crippen LogP contribution in [0.15, 0.2) is 49.3 Å². The van der Waals surface area contributed by atoms with Crippen molar-refractivity contribution in [3.8, 4) is 11.6 Å². The number of halogens is 6. The Kier molecular flexibility index (Phi) is 7.99. The van der Waals surface area contributed by atoms with E-state index in [1.54, 1.807) is 12.1 Å². The molecule has 0 bridgehead atoms. The third-order valence-corrected chi connectivity index (χ3v) is 5.64. The number of imide groups is 1. The van der Waals surface area contributed by atoms with Gasteiger partial charge >= 0.3 is 24.4 Å². The van der Waals surface area contributed by atoms with Gasteiger partial charge in [0, 0.05) is 6.20 Å². The lowest BCUT2D eigenvalue weighted by molar-refractivity contribution is -0.192. The number of aromatic nitrogens is 5. The standard InChI is InChI=1S/C22H16F3N7O3.C2HF3O2/c1-2-12-5-14(3-4-16(12)35-20-18-19(28-10-27-18)29-11-30-20)32-17(33)9-31(21(32)34)15-6-13(7-26-8-15)22(23,24)25;3-2(4,5)1(6)7/h3-8,10-11H,2,9H2,1H3,(H,27,28,29,30);(H,6,7). The monoisotopic (exact) mass is 597 g/mol. The molecule has 3 amide bonds. The second-order valence-corrected chi connectivity index (χ2v) is 8.36. The lowest BCUT2D eigenvalue weighted by atomic mass is 10.1. The summed E-state index contributed by atoms with van der Waals surface area (Å²) in [4.78, 5) is 55.3. The molecule has 0 aliphatic carbocycles. The summed E-state index contributed by atoms with van der Waals surface area (Å²) in [5, 5.41) is 7.12. The first-order valence-corrected chi connectivity index (χ1v) is 11.6. The third-order valence-electron chi connectivity index (χ3n) is 5.64. The number of fused-ring (bicyclic) bond motifs is 1. The summed E-state index contributed by atoms with van der Waals surface area (Å²) in [7, 11) is 0. The fraction of sp³-hybridized carbons (Fsp3) is 0.208. The summed E-state index contributed by atoms with van der Waals surface area (Å²) in [5.41, 5.74) is 0.738. The maximum atomic E-state index is 13.1. The quantitative estimate of drug-likeness (QED) is 0.246. The summed E-state index contributed by atoms with van der Waals surface area (Å²) in [5.74, 6) is -2.67. The number of rotatable bonds is 5. The lowest BCUT2D eigenvalue weighted by Crippen LogP contribution is -2.33. The molecular formula is C24H17F6N7O5. The zero-order valence-corrected chi connectivity index (χ0v) is 21.1. The Bertz CT molecular complexity index is 1660. The van der Waals surface area contributed by atoms with Crippen LogP contribution in [0.1, 0.15) is 18.1 Å². The molecule has 0 atom stereocenters. The molecule has 4 heterocycles. The first-order chi connectivity index (χ1) is 19.7. The molecule has 0 unspecified atom stereocenters. The van der Waals surface area contributed by atoms with Crippen molar-refractivity contribution in [3.63, 3.8) is 0 Å². The molecule has 2 N–H and O–H groups in total. The van der Waals surface area contributed by atoms with Crippen LogP contribution in [0, 0.1) is 0 Å². The highest BCUT2D eigenvalue weighted by molar-refractivity contribution is 6.27. The number of pyridine rings is 1. The number of carbonyl (C=O) groups excluding carboxylic acids is 2. The molecule has 12 nitrogen and oxygen atoms in total. The minimum atomic E-state index is -5.08. The van der Waals surface area contributed by atoms with E-state index in [1.165, 1.54) is 18.7 Å². The van der Waals surface area contributed by atoms with Gasteiger partial charge in [-0.15, -0.1) is 0 Å². The van der Waals surface area contributed by atoms with Crippen molar-refractivity contribution in [2.75, 3.05) is 16.3 Å². The van der Waals surface area contributed by atoms with Gasteiger partial charge in [0.15, 0.2) is 11.2 Å². The van der Waals surface area contributed by atoms with Gasteiger partial charge in [-0.2, -0.15) is 31.3 Å². The predicted molar refractivity (Wildman–Crippen MR) is 131 cm³/mol. The number of carbonyl (C=O) groups is 3. The number of anilines is 2. The summed E-state index contributed by atoms with van der Waals surface area (Å²) in [6, 6.07) is 4.72. The Balaban J connectivity index is 0.000000517. The zero-order valence-electron chi connectivity index (χ0n) is 21.1. The maximum absolute atomic E-state index is 13.1. The van der Waals surface area contributed by atoms with Gasteiger partial charge in [0.2, 0.25) is 0 Å². The first kappa shape index (κ1) is 29.7. The summed E-state index contributed by atoms with van der Waals surface area (Å²) < 4.78 is 76.9. The second kappa shape index (κ2) is 11.3. The molecule has 18 heteroatoms. The summed E-state index contributed by atoms with van der Waals surface area (Å²) >= 11 is 0. The average Bonchev–Trinajstić information content (AvgIpc) is 3.53. The number of imidazole rings is 1. The van der Waals surface area contributed by atoms with Crippen LogP contribution in [0.4, 0.5) is 42.5 Å². The normalized spacial score (nSPS) is 13.8. The number of nitrogens with one attached hydrogen (secondary N) is 1. The minimum absolute atomic E-state index is 0.122. The van der Waals surface area contributed by atoms with Gasteiger partial charge in [-0.3, -0.25) is 14.7 Å². The van der Waals surface area contributed by atoms with Crippen molar-refractivity contribution >= 4 is 40.4 Å². The SMILES string of the molecule is CCc1cc(N2C(=O)CN(c3cncc(C(F)(F)F)c3)C2=O)ccc1Oc1ncnc2[nH]cnc12.O=C(O)C(F)(F)F. The molecule has 1 aliphatic heterocycles. The number of amides is 3. The van der Waals surface area contributed by atoms with Crippen molar-refractivity contribution in [2.45, 2.75) is 25.7 Å².